The van der Waals surface area contributed by atoms with Crippen LogP contribution in [0.3, 0.4) is 0 Å². The second kappa shape index (κ2) is 9.74. The van der Waals surface area contributed by atoms with Gasteiger partial charge in [-0.2, -0.15) is 5.26 Å². The fourth-order valence-electron chi connectivity index (χ4n) is 2.18. The molecule has 0 unspecified atom stereocenters. The van der Waals surface area contributed by atoms with Crippen molar-refractivity contribution >= 4 is 17.3 Å². The number of nitriles is 1. The molecule has 0 heterocycles. The van der Waals surface area contributed by atoms with Crippen molar-refractivity contribution in [1.29, 1.82) is 5.26 Å². The molecule has 2 rings (SSSR count). The summed E-state index contributed by atoms with van der Waals surface area (Å²) in [4.78, 5) is 12.2. The molecule has 0 fully saturated rings. The van der Waals surface area contributed by atoms with E-state index in [1.807, 2.05) is 26.0 Å². The minimum absolute atomic E-state index is 0.0573. The van der Waals surface area contributed by atoms with Gasteiger partial charge in [0.05, 0.1) is 18.9 Å². The Morgan fingerprint density at radius 2 is 1.85 bits per heavy atom. The Hall–Kier alpha value is -3.46. The molecule has 0 saturated carbocycles. The van der Waals surface area contributed by atoms with Crippen molar-refractivity contribution < 1.29 is 14.3 Å². The summed E-state index contributed by atoms with van der Waals surface area (Å²) >= 11 is 0. The Bertz CT molecular complexity index is 811. The van der Waals surface area contributed by atoms with Crippen LogP contribution >= 0.6 is 0 Å². The van der Waals surface area contributed by atoms with E-state index >= 15 is 0 Å². The van der Waals surface area contributed by atoms with Crippen LogP contribution < -0.4 is 20.1 Å². The molecule has 0 aliphatic carbocycles. The standard InChI is InChI=1S/C20H21N3O3/c1-3-25-17-10-11-19(26-4-2)18(12-17)22-14-15(13-21)20(24)23-16-8-6-5-7-9-16/h5-12,14,22H,3-4H2,1-2H3,(H,23,24). The van der Waals surface area contributed by atoms with Gasteiger partial charge in [0.25, 0.3) is 5.91 Å². The number of benzene rings is 2. The average Bonchev–Trinajstić information content (AvgIpc) is 2.65. The summed E-state index contributed by atoms with van der Waals surface area (Å²) in [6, 6.07) is 16.2. The molecule has 26 heavy (non-hydrogen) atoms. The van der Waals surface area contributed by atoms with Gasteiger partial charge in [-0.25, -0.2) is 0 Å². The predicted molar refractivity (Wildman–Crippen MR) is 101 cm³/mol. The lowest BCUT2D eigenvalue weighted by molar-refractivity contribution is -0.112. The lowest BCUT2D eigenvalue weighted by Crippen LogP contribution is -2.14. The quantitative estimate of drug-likeness (QED) is 0.556. The van der Waals surface area contributed by atoms with E-state index in [-0.39, 0.29) is 5.57 Å². The van der Waals surface area contributed by atoms with Gasteiger partial charge in [-0.15, -0.1) is 0 Å². The van der Waals surface area contributed by atoms with Gasteiger partial charge in [0, 0.05) is 18.0 Å². The molecule has 0 radical (unpaired) electrons. The molecule has 0 aliphatic heterocycles. The minimum Gasteiger partial charge on any atom is -0.494 e. The zero-order valence-corrected chi connectivity index (χ0v) is 14.8. The highest BCUT2D eigenvalue weighted by atomic mass is 16.5. The molecule has 6 heteroatoms. The molecule has 134 valence electrons. The van der Waals surface area contributed by atoms with Crippen molar-refractivity contribution in [1.82, 2.24) is 0 Å². The van der Waals surface area contributed by atoms with Crippen molar-refractivity contribution in [2.24, 2.45) is 0 Å². The molecule has 0 aromatic heterocycles. The van der Waals surface area contributed by atoms with Gasteiger partial charge in [0.1, 0.15) is 23.1 Å². The maximum Gasteiger partial charge on any atom is 0.267 e. The minimum atomic E-state index is -0.495. The first-order valence-electron chi connectivity index (χ1n) is 8.30. The zero-order chi connectivity index (χ0) is 18.8. The number of carbonyl (C=O) groups is 1. The van der Waals surface area contributed by atoms with Gasteiger partial charge in [-0.05, 0) is 38.1 Å². The molecule has 0 bridgehead atoms. The van der Waals surface area contributed by atoms with Crippen molar-refractivity contribution in [3.8, 4) is 17.6 Å². The number of rotatable bonds is 8. The summed E-state index contributed by atoms with van der Waals surface area (Å²) < 4.78 is 11.0. The summed E-state index contributed by atoms with van der Waals surface area (Å²) in [5.41, 5.74) is 1.17. The highest BCUT2D eigenvalue weighted by molar-refractivity contribution is 6.06. The van der Waals surface area contributed by atoms with Crippen LogP contribution in [-0.2, 0) is 4.79 Å². The van der Waals surface area contributed by atoms with E-state index in [0.717, 1.165) is 0 Å². The summed E-state index contributed by atoms with van der Waals surface area (Å²) in [5, 5.41) is 14.9. The van der Waals surface area contributed by atoms with Crippen LogP contribution in [0.5, 0.6) is 11.5 Å². The molecule has 0 aliphatic rings. The van der Waals surface area contributed by atoms with E-state index in [4.69, 9.17) is 9.47 Å². The van der Waals surface area contributed by atoms with Gasteiger partial charge in [0.15, 0.2) is 0 Å². The maximum absolute atomic E-state index is 12.2. The lowest BCUT2D eigenvalue weighted by Gasteiger charge is -2.12. The fraction of sp³-hybridized carbons (Fsp3) is 0.200. The Kier molecular flexibility index (Phi) is 7.07. The van der Waals surface area contributed by atoms with Gasteiger partial charge in [-0.1, -0.05) is 18.2 Å². The first kappa shape index (κ1) is 18.9. The number of amides is 1. The Labute approximate surface area is 153 Å². The largest absolute Gasteiger partial charge is 0.494 e. The third kappa shape index (κ3) is 5.28. The molecule has 6 nitrogen and oxygen atoms in total. The topological polar surface area (TPSA) is 83.4 Å². The van der Waals surface area contributed by atoms with E-state index in [9.17, 15) is 10.1 Å². The fourth-order valence-corrected chi connectivity index (χ4v) is 2.18. The normalized spacial score (nSPS) is 10.6. The number of hydrogen-bond acceptors (Lipinski definition) is 5. The first-order valence-corrected chi connectivity index (χ1v) is 8.30. The van der Waals surface area contributed by atoms with Gasteiger partial charge < -0.3 is 20.1 Å². The summed E-state index contributed by atoms with van der Waals surface area (Å²) in [7, 11) is 0. The van der Waals surface area contributed by atoms with Crippen molar-refractivity contribution in [2.75, 3.05) is 23.8 Å². The maximum atomic E-state index is 12.2. The van der Waals surface area contributed by atoms with Crippen molar-refractivity contribution in [3.63, 3.8) is 0 Å². The molecule has 0 atom stereocenters. The number of nitrogens with zero attached hydrogens (tertiary/aromatic N) is 1. The molecule has 1 amide bonds. The number of hydrogen-bond donors (Lipinski definition) is 2. The predicted octanol–water partition coefficient (Wildman–Crippen LogP) is 3.94. The second-order valence-electron chi connectivity index (χ2n) is 5.16. The highest BCUT2D eigenvalue weighted by Crippen LogP contribution is 2.29. The van der Waals surface area contributed by atoms with Gasteiger partial charge in [0.2, 0.25) is 0 Å². The van der Waals surface area contributed by atoms with Crippen LogP contribution in [0, 0.1) is 11.3 Å². The van der Waals surface area contributed by atoms with Crippen LogP contribution in [0.1, 0.15) is 13.8 Å². The molecular weight excluding hydrogens is 330 g/mol. The summed E-state index contributed by atoms with van der Waals surface area (Å²) in [5.74, 6) is 0.775. The number of ether oxygens (including phenoxy) is 2. The molecular formula is C20H21N3O3. The van der Waals surface area contributed by atoms with Crippen LogP contribution in [0.25, 0.3) is 0 Å². The molecule has 0 spiro atoms. The van der Waals surface area contributed by atoms with Gasteiger partial charge in [-0.3, -0.25) is 4.79 Å². The number of para-hydroxylation sites is 1. The smallest absolute Gasteiger partial charge is 0.267 e. The van der Waals surface area contributed by atoms with E-state index < -0.39 is 5.91 Å². The SMILES string of the molecule is CCOc1ccc(OCC)c(NC=C(C#N)C(=O)Nc2ccccc2)c1. The molecule has 0 saturated heterocycles. The first-order chi connectivity index (χ1) is 12.7. The molecule has 2 N–H and O–H groups in total. The monoisotopic (exact) mass is 351 g/mol. The highest BCUT2D eigenvalue weighted by Gasteiger charge is 2.10. The Morgan fingerprint density at radius 1 is 1.12 bits per heavy atom. The Morgan fingerprint density at radius 3 is 2.50 bits per heavy atom. The van der Waals surface area contributed by atoms with E-state index in [1.54, 1.807) is 42.5 Å². The van der Waals surface area contributed by atoms with Crippen molar-refractivity contribution in [3.05, 3.63) is 60.3 Å². The van der Waals surface area contributed by atoms with Crippen molar-refractivity contribution in [2.45, 2.75) is 13.8 Å². The lowest BCUT2D eigenvalue weighted by atomic mass is 10.2. The van der Waals surface area contributed by atoms with E-state index in [1.165, 1.54) is 6.20 Å². The van der Waals surface area contributed by atoms with Crippen LogP contribution in [0.15, 0.2) is 60.3 Å². The zero-order valence-electron chi connectivity index (χ0n) is 14.8. The second-order valence-corrected chi connectivity index (χ2v) is 5.16. The Balaban J connectivity index is 2.18. The number of carbonyl (C=O) groups excluding carboxylic acids is 1. The van der Waals surface area contributed by atoms with Crippen LogP contribution in [0.4, 0.5) is 11.4 Å². The number of nitrogens with one attached hydrogen (secondary N) is 2. The van der Waals surface area contributed by atoms with Crippen LogP contribution in [0.2, 0.25) is 0 Å². The van der Waals surface area contributed by atoms with E-state index in [0.29, 0.717) is 36.1 Å². The summed E-state index contributed by atoms with van der Waals surface area (Å²) in [6.45, 7) is 4.80. The molecule has 2 aromatic carbocycles. The third-order valence-corrected chi connectivity index (χ3v) is 3.33. The average molecular weight is 351 g/mol. The molecule has 2 aromatic rings. The van der Waals surface area contributed by atoms with Gasteiger partial charge >= 0.3 is 0 Å². The van der Waals surface area contributed by atoms with E-state index in [2.05, 4.69) is 10.6 Å². The number of anilines is 2. The summed E-state index contributed by atoms with van der Waals surface area (Å²) in [6.07, 6.45) is 1.35. The van der Waals surface area contributed by atoms with Crippen LogP contribution in [-0.4, -0.2) is 19.1 Å². The third-order valence-electron chi connectivity index (χ3n) is 3.33.